The zero-order valence-corrected chi connectivity index (χ0v) is 12.4. The van der Waals surface area contributed by atoms with Crippen molar-refractivity contribution in [2.24, 2.45) is 0 Å². The number of carbonyl (C=O) groups is 1. The Labute approximate surface area is 117 Å². The standard InChI is InChI=1S/C10H12F3NO4S2/c1-4-18-9(15)7-5(2)6(3)19-8(7)14-20(16,17)10(11,12)13/h14H,4H2,1-3H3. The largest absolute Gasteiger partial charge is 0.516 e. The first-order chi connectivity index (χ1) is 9.01. The number of thiophene rings is 1. The van der Waals surface area contributed by atoms with Gasteiger partial charge in [-0.05, 0) is 26.3 Å². The van der Waals surface area contributed by atoms with Crippen molar-refractivity contribution in [3.63, 3.8) is 0 Å². The molecule has 0 radical (unpaired) electrons. The highest BCUT2D eigenvalue weighted by molar-refractivity contribution is 7.93. The maximum absolute atomic E-state index is 12.3. The van der Waals surface area contributed by atoms with Crippen molar-refractivity contribution < 1.29 is 31.1 Å². The van der Waals surface area contributed by atoms with Gasteiger partial charge in [0.15, 0.2) is 0 Å². The van der Waals surface area contributed by atoms with E-state index in [4.69, 9.17) is 4.74 Å². The van der Waals surface area contributed by atoms with E-state index < -0.39 is 26.5 Å². The normalized spacial score (nSPS) is 12.3. The number of sulfonamides is 1. The fourth-order valence-electron chi connectivity index (χ4n) is 1.33. The summed E-state index contributed by atoms with van der Waals surface area (Å²) < 4.78 is 65.3. The van der Waals surface area contributed by atoms with E-state index in [0.29, 0.717) is 10.4 Å². The van der Waals surface area contributed by atoms with Crippen LogP contribution >= 0.6 is 11.3 Å². The molecule has 0 saturated carbocycles. The lowest BCUT2D eigenvalue weighted by Crippen LogP contribution is -2.30. The number of aryl methyl sites for hydroxylation is 1. The number of halogens is 3. The summed E-state index contributed by atoms with van der Waals surface area (Å²) in [6, 6.07) is 0. The number of ether oxygens (including phenoxy) is 1. The van der Waals surface area contributed by atoms with Crippen molar-refractivity contribution in [3.05, 3.63) is 16.0 Å². The first-order valence-corrected chi connectivity index (χ1v) is 7.67. The second-order valence-corrected chi connectivity index (χ2v) is 6.66. The summed E-state index contributed by atoms with van der Waals surface area (Å²) in [5, 5.41) is -0.393. The molecular formula is C10H12F3NO4S2. The van der Waals surface area contributed by atoms with Crippen LogP contribution in [-0.2, 0) is 14.8 Å². The number of hydrogen-bond donors (Lipinski definition) is 1. The van der Waals surface area contributed by atoms with E-state index in [0.717, 1.165) is 11.3 Å². The molecule has 0 amide bonds. The molecule has 0 aliphatic carbocycles. The van der Waals surface area contributed by atoms with Gasteiger partial charge in [-0.25, -0.2) is 4.79 Å². The lowest BCUT2D eigenvalue weighted by atomic mass is 10.2. The van der Waals surface area contributed by atoms with Crippen LogP contribution in [0, 0.1) is 13.8 Å². The van der Waals surface area contributed by atoms with Gasteiger partial charge in [0.05, 0.1) is 12.2 Å². The van der Waals surface area contributed by atoms with E-state index in [1.54, 1.807) is 6.92 Å². The number of rotatable bonds is 4. The van der Waals surface area contributed by atoms with Crippen LogP contribution in [0.4, 0.5) is 18.2 Å². The van der Waals surface area contributed by atoms with Gasteiger partial charge < -0.3 is 4.74 Å². The van der Waals surface area contributed by atoms with E-state index in [2.05, 4.69) is 0 Å². The minimum atomic E-state index is -5.57. The molecule has 1 N–H and O–H groups in total. The zero-order valence-electron chi connectivity index (χ0n) is 10.8. The fourth-order valence-corrected chi connectivity index (χ4v) is 3.19. The Bertz CT molecular complexity index is 619. The van der Waals surface area contributed by atoms with Gasteiger partial charge in [0.25, 0.3) is 0 Å². The van der Waals surface area contributed by atoms with E-state index in [9.17, 15) is 26.4 Å². The summed E-state index contributed by atoms with van der Waals surface area (Å²) in [6.45, 7) is 4.63. The van der Waals surface area contributed by atoms with Crippen LogP contribution in [0.15, 0.2) is 0 Å². The summed E-state index contributed by atoms with van der Waals surface area (Å²) in [5.74, 6) is -0.866. The highest BCUT2D eigenvalue weighted by atomic mass is 32.2. The van der Waals surface area contributed by atoms with E-state index in [1.807, 2.05) is 0 Å². The second kappa shape index (κ2) is 5.60. The van der Waals surface area contributed by atoms with Crippen molar-refractivity contribution in [1.82, 2.24) is 0 Å². The molecule has 1 heterocycles. The zero-order chi connectivity index (χ0) is 15.7. The van der Waals surface area contributed by atoms with Gasteiger partial charge in [-0.1, -0.05) is 0 Å². The fraction of sp³-hybridized carbons (Fsp3) is 0.500. The highest BCUT2D eigenvalue weighted by Gasteiger charge is 2.46. The number of anilines is 1. The van der Waals surface area contributed by atoms with E-state index in [-0.39, 0.29) is 12.2 Å². The quantitative estimate of drug-likeness (QED) is 0.861. The topological polar surface area (TPSA) is 72.5 Å². The molecule has 1 rings (SSSR count). The third-order valence-corrected chi connectivity index (χ3v) is 4.73. The Morgan fingerprint density at radius 2 is 1.90 bits per heavy atom. The summed E-state index contributed by atoms with van der Waals surface area (Å²) in [5.41, 5.74) is -5.26. The first kappa shape index (κ1) is 16.8. The summed E-state index contributed by atoms with van der Waals surface area (Å²) in [6.07, 6.45) is 0. The molecule has 0 aliphatic rings. The molecule has 1 aromatic heterocycles. The predicted octanol–water partition coefficient (Wildman–Crippen LogP) is 2.80. The van der Waals surface area contributed by atoms with Gasteiger partial charge in [0, 0.05) is 4.88 Å². The van der Waals surface area contributed by atoms with Gasteiger partial charge in [0.1, 0.15) is 5.00 Å². The average molecular weight is 331 g/mol. The molecule has 10 heteroatoms. The van der Waals surface area contributed by atoms with E-state index >= 15 is 0 Å². The van der Waals surface area contributed by atoms with Gasteiger partial charge in [-0.2, -0.15) is 21.6 Å². The molecular weight excluding hydrogens is 319 g/mol. The lowest BCUT2D eigenvalue weighted by Gasteiger charge is -2.10. The first-order valence-electron chi connectivity index (χ1n) is 5.37. The molecule has 1 aromatic rings. The molecule has 0 aromatic carbocycles. The third-order valence-electron chi connectivity index (χ3n) is 2.40. The summed E-state index contributed by atoms with van der Waals surface area (Å²) in [7, 11) is -5.57. The summed E-state index contributed by atoms with van der Waals surface area (Å²) in [4.78, 5) is 12.2. The number of nitrogens with one attached hydrogen (secondary N) is 1. The second-order valence-electron chi connectivity index (χ2n) is 3.76. The smallest absolute Gasteiger partial charge is 0.462 e. The summed E-state index contributed by atoms with van der Waals surface area (Å²) >= 11 is 0.747. The molecule has 0 atom stereocenters. The monoisotopic (exact) mass is 331 g/mol. The third kappa shape index (κ3) is 3.23. The maximum atomic E-state index is 12.3. The lowest BCUT2D eigenvalue weighted by molar-refractivity contribution is -0.0429. The Kier molecular flexibility index (Phi) is 4.70. The van der Waals surface area contributed by atoms with Crippen molar-refractivity contribution in [2.75, 3.05) is 11.3 Å². The van der Waals surface area contributed by atoms with Gasteiger partial charge in [-0.15, -0.1) is 11.3 Å². The SMILES string of the molecule is CCOC(=O)c1c(NS(=O)(=O)C(F)(F)F)sc(C)c1C. The number of alkyl halides is 3. The molecule has 0 saturated heterocycles. The Morgan fingerprint density at radius 1 is 1.35 bits per heavy atom. The average Bonchev–Trinajstić information content (AvgIpc) is 2.52. The molecule has 0 spiro atoms. The van der Waals surface area contributed by atoms with Crippen LogP contribution in [0.5, 0.6) is 0 Å². The van der Waals surface area contributed by atoms with Crippen LogP contribution < -0.4 is 4.72 Å². The molecule has 114 valence electrons. The van der Waals surface area contributed by atoms with Crippen LogP contribution in [0.2, 0.25) is 0 Å². The van der Waals surface area contributed by atoms with Crippen molar-refractivity contribution in [3.8, 4) is 0 Å². The Hall–Kier alpha value is -1.29. The van der Waals surface area contributed by atoms with Crippen LogP contribution in [0.1, 0.15) is 27.7 Å². The van der Waals surface area contributed by atoms with Crippen molar-refractivity contribution >= 4 is 32.3 Å². The minimum absolute atomic E-state index is 0.0264. The van der Waals surface area contributed by atoms with E-state index in [1.165, 1.54) is 18.6 Å². The Balaban J connectivity index is 3.27. The van der Waals surface area contributed by atoms with Crippen LogP contribution in [0.3, 0.4) is 0 Å². The predicted molar refractivity (Wildman–Crippen MR) is 68.3 cm³/mol. The van der Waals surface area contributed by atoms with Crippen molar-refractivity contribution in [1.29, 1.82) is 0 Å². The number of hydrogen-bond acceptors (Lipinski definition) is 5. The van der Waals surface area contributed by atoms with Crippen LogP contribution in [0.25, 0.3) is 0 Å². The molecule has 0 unspecified atom stereocenters. The molecule has 0 bridgehead atoms. The van der Waals surface area contributed by atoms with Gasteiger partial charge >= 0.3 is 21.5 Å². The maximum Gasteiger partial charge on any atom is 0.516 e. The molecule has 0 aliphatic heterocycles. The van der Waals surface area contributed by atoms with Gasteiger partial charge in [-0.3, -0.25) is 4.72 Å². The number of carbonyl (C=O) groups excluding carboxylic acids is 1. The highest BCUT2D eigenvalue weighted by Crippen LogP contribution is 2.36. The molecule has 5 nitrogen and oxygen atoms in total. The molecule has 0 fully saturated rings. The van der Waals surface area contributed by atoms with Gasteiger partial charge in [0.2, 0.25) is 0 Å². The number of esters is 1. The minimum Gasteiger partial charge on any atom is -0.462 e. The molecule has 20 heavy (non-hydrogen) atoms. The van der Waals surface area contributed by atoms with Crippen LogP contribution in [-0.4, -0.2) is 26.5 Å². The Morgan fingerprint density at radius 3 is 2.35 bits per heavy atom. The van der Waals surface area contributed by atoms with Crippen molar-refractivity contribution in [2.45, 2.75) is 26.3 Å².